The number of amides is 1. The standard InChI is InChI=1S/C25H27ClN4O3/c1-3-8-30-21-7-4-17(13-20(21)16(2)25(30)32)22(31)15-28-9-11-29(12-10-28)24-19-6-5-18(26)14-23(19)33-27-24/h4-7,13-14,16H,3,8-12,15H2,1-2H3. The smallest absolute Gasteiger partial charge is 0.234 e. The molecule has 3 heterocycles. The van der Waals surface area contributed by atoms with Gasteiger partial charge in [-0.15, -0.1) is 0 Å². The molecule has 5 rings (SSSR count). The largest absolute Gasteiger partial charge is 0.354 e. The Bertz CT molecular complexity index is 1220. The Balaban J connectivity index is 1.23. The van der Waals surface area contributed by atoms with Crippen molar-refractivity contribution in [3.8, 4) is 0 Å². The Labute approximate surface area is 197 Å². The van der Waals surface area contributed by atoms with E-state index in [1.807, 2.05) is 42.2 Å². The molecular weight excluding hydrogens is 440 g/mol. The van der Waals surface area contributed by atoms with Gasteiger partial charge < -0.3 is 14.3 Å². The van der Waals surface area contributed by atoms with Gasteiger partial charge in [0.15, 0.2) is 17.2 Å². The molecule has 1 aromatic heterocycles. The number of benzene rings is 2. The fraction of sp³-hybridized carbons (Fsp3) is 0.400. The second kappa shape index (κ2) is 8.80. The third-order valence-electron chi connectivity index (χ3n) is 6.64. The zero-order valence-corrected chi connectivity index (χ0v) is 19.6. The molecule has 1 amide bonds. The van der Waals surface area contributed by atoms with Gasteiger partial charge in [0.25, 0.3) is 0 Å². The number of piperazine rings is 1. The number of halogens is 1. The van der Waals surface area contributed by atoms with Crippen molar-refractivity contribution in [2.24, 2.45) is 0 Å². The van der Waals surface area contributed by atoms with Crippen molar-refractivity contribution < 1.29 is 14.1 Å². The first kappa shape index (κ1) is 21.9. The van der Waals surface area contributed by atoms with E-state index in [1.54, 1.807) is 6.07 Å². The fourth-order valence-electron chi connectivity index (χ4n) is 4.80. The van der Waals surface area contributed by atoms with Gasteiger partial charge in [-0.2, -0.15) is 0 Å². The van der Waals surface area contributed by atoms with Crippen LogP contribution in [0.25, 0.3) is 11.0 Å². The summed E-state index contributed by atoms with van der Waals surface area (Å²) in [6, 6.07) is 11.2. The molecule has 1 fully saturated rings. The summed E-state index contributed by atoms with van der Waals surface area (Å²) in [6.45, 7) is 8.11. The second-order valence-corrected chi connectivity index (χ2v) is 9.25. The molecule has 0 saturated carbocycles. The van der Waals surface area contributed by atoms with Crippen molar-refractivity contribution >= 4 is 45.8 Å². The second-order valence-electron chi connectivity index (χ2n) is 8.82. The van der Waals surface area contributed by atoms with E-state index in [2.05, 4.69) is 21.9 Å². The number of nitrogens with zero attached hydrogens (tertiary/aromatic N) is 4. The maximum atomic E-state index is 13.0. The number of carbonyl (C=O) groups excluding carboxylic acids is 2. The van der Waals surface area contributed by atoms with Crippen LogP contribution < -0.4 is 9.80 Å². The highest BCUT2D eigenvalue weighted by Crippen LogP contribution is 2.38. The molecule has 0 spiro atoms. The number of anilines is 2. The summed E-state index contributed by atoms with van der Waals surface area (Å²) in [5.74, 6) is 0.827. The summed E-state index contributed by atoms with van der Waals surface area (Å²) in [7, 11) is 0. The average molecular weight is 467 g/mol. The first-order chi connectivity index (χ1) is 16.0. The molecule has 2 aromatic carbocycles. The normalized spacial score (nSPS) is 18.9. The minimum absolute atomic E-state index is 0.0846. The highest BCUT2D eigenvalue weighted by atomic mass is 35.5. The summed E-state index contributed by atoms with van der Waals surface area (Å²) in [5.41, 5.74) is 3.26. The third-order valence-corrected chi connectivity index (χ3v) is 6.88. The first-order valence-corrected chi connectivity index (χ1v) is 11.8. The zero-order valence-electron chi connectivity index (χ0n) is 18.9. The Hall–Kier alpha value is -2.90. The number of hydrogen-bond acceptors (Lipinski definition) is 6. The molecule has 2 aliphatic rings. The van der Waals surface area contributed by atoms with Gasteiger partial charge in [0.1, 0.15) is 0 Å². The van der Waals surface area contributed by atoms with Gasteiger partial charge in [-0.25, -0.2) is 0 Å². The van der Waals surface area contributed by atoms with Crippen LogP contribution in [0.3, 0.4) is 0 Å². The third kappa shape index (κ3) is 4.00. The van der Waals surface area contributed by atoms with Crippen LogP contribution in [0.5, 0.6) is 0 Å². The predicted octanol–water partition coefficient (Wildman–Crippen LogP) is 4.35. The Morgan fingerprint density at radius 2 is 1.94 bits per heavy atom. The number of fused-ring (bicyclic) bond motifs is 2. The topological polar surface area (TPSA) is 69.9 Å². The van der Waals surface area contributed by atoms with E-state index in [-0.39, 0.29) is 17.6 Å². The van der Waals surface area contributed by atoms with Gasteiger partial charge in [0.05, 0.1) is 17.8 Å². The molecular formula is C25H27ClN4O3. The summed E-state index contributed by atoms with van der Waals surface area (Å²) < 4.78 is 5.44. The molecule has 0 radical (unpaired) electrons. The Kier molecular flexibility index (Phi) is 5.85. The number of ketones is 1. The van der Waals surface area contributed by atoms with Crippen LogP contribution in [0, 0.1) is 0 Å². The van der Waals surface area contributed by atoms with Crippen molar-refractivity contribution in [2.45, 2.75) is 26.2 Å². The predicted molar refractivity (Wildman–Crippen MR) is 130 cm³/mol. The molecule has 1 atom stereocenters. The van der Waals surface area contributed by atoms with Crippen LogP contribution in [0.15, 0.2) is 40.9 Å². The molecule has 33 heavy (non-hydrogen) atoms. The van der Waals surface area contributed by atoms with Gasteiger partial charge in [0.2, 0.25) is 5.91 Å². The molecule has 3 aromatic rings. The molecule has 1 saturated heterocycles. The molecule has 0 bridgehead atoms. The minimum atomic E-state index is -0.199. The number of hydrogen-bond donors (Lipinski definition) is 0. The lowest BCUT2D eigenvalue weighted by Gasteiger charge is -2.34. The lowest BCUT2D eigenvalue weighted by atomic mass is 9.98. The molecule has 1 unspecified atom stereocenters. The van der Waals surface area contributed by atoms with Crippen LogP contribution in [0.2, 0.25) is 5.02 Å². The van der Waals surface area contributed by atoms with Crippen LogP contribution in [0.1, 0.15) is 42.1 Å². The monoisotopic (exact) mass is 466 g/mol. The molecule has 8 heteroatoms. The first-order valence-electron chi connectivity index (χ1n) is 11.5. The lowest BCUT2D eigenvalue weighted by Crippen LogP contribution is -2.48. The van der Waals surface area contributed by atoms with E-state index >= 15 is 0 Å². The molecule has 2 aliphatic heterocycles. The maximum Gasteiger partial charge on any atom is 0.234 e. The van der Waals surface area contributed by atoms with Crippen LogP contribution >= 0.6 is 11.6 Å². The zero-order chi connectivity index (χ0) is 23.1. The minimum Gasteiger partial charge on any atom is -0.354 e. The molecule has 172 valence electrons. The van der Waals surface area contributed by atoms with Crippen molar-refractivity contribution in [2.75, 3.05) is 49.1 Å². The number of aromatic nitrogens is 1. The van der Waals surface area contributed by atoms with Gasteiger partial charge in [0, 0.05) is 55.1 Å². The average Bonchev–Trinajstić information content (AvgIpc) is 3.34. The van der Waals surface area contributed by atoms with Gasteiger partial charge in [-0.05, 0) is 49.2 Å². The van der Waals surface area contributed by atoms with E-state index in [1.165, 1.54) is 0 Å². The SMILES string of the molecule is CCCN1C(=O)C(C)c2cc(C(=O)CN3CCN(c4noc5cc(Cl)ccc45)CC3)ccc21. The van der Waals surface area contributed by atoms with E-state index in [9.17, 15) is 9.59 Å². The Morgan fingerprint density at radius 1 is 1.15 bits per heavy atom. The van der Waals surface area contributed by atoms with Crippen molar-refractivity contribution in [1.29, 1.82) is 0 Å². The number of rotatable bonds is 6. The molecule has 0 N–H and O–H groups in total. The van der Waals surface area contributed by atoms with Crippen LogP contribution in [-0.2, 0) is 4.79 Å². The Morgan fingerprint density at radius 3 is 2.70 bits per heavy atom. The van der Waals surface area contributed by atoms with Crippen molar-refractivity contribution in [3.05, 3.63) is 52.5 Å². The van der Waals surface area contributed by atoms with Crippen LogP contribution in [0.4, 0.5) is 11.5 Å². The van der Waals surface area contributed by atoms with E-state index in [0.717, 1.165) is 55.1 Å². The fourth-order valence-corrected chi connectivity index (χ4v) is 4.96. The van der Waals surface area contributed by atoms with Crippen molar-refractivity contribution in [1.82, 2.24) is 10.1 Å². The highest BCUT2D eigenvalue weighted by molar-refractivity contribution is 6.31. The summed E-state index contributed by atoms with van der Waals surface area (Å²) >= 11 is 6.04. The number of carbonyl (C=O) groups is 2. The molecule has 0 aliphatic carbocycles. The summed E-state index contributed by atoms with van der Waals surface area (Å²) in [5, 5.41) is 5.80. The lowest BCUT2D eigenvalue weighted by molar-refractivity contribution is -0.119. The van der Waals surface area contributed by atoms with Crippen molar-refractivity contribution in [3.63, 3.8) is 0 Å². The van der Waals surface area contributed by atoms with Crippen LogP contribution in [-0.4, -0.2) is 61.0 Å². The number of Topliss-reactive ketones (excluding diaryl/α,β-unsaturated/α-hetero) is 1. The summed E-state index contributed by atoms with van der Waals surface area (Å²) in [6.07, 6.45) is 0.905. The highest BCUT2D eigenvalue weighted by Gasteiger charge is 2.34. The van der Waals surface area contributed by atoms with Gasteiger partial charge in [-0.1, -0.05) is 23.7 Å². The van der Waals surface area contributed by atoms with Gasteiger partial charge in [-0.3, -0.25) is 14.5 Å². The quantitative estimate of drug-likeness (QED) is 0.503. The molecule has 7 nitrogen and oxygen atoms in total. The van der Waals surface area contributed by atoms with E-state index in [0.29, 0.717) is 29.3 Å². The summed E-state index contributed by atoms with van der Waals surface area (Å²) in [4.78, 5) is 31.8. The van der Waals surface area contributed by atoms with E-state index in [4.69, 9.17) is 16.1 Å². The van der Waals surface area contributed by atoms with E-state index < -0.39 is 0 Å². The van der Waals surface area contributed by atoms with Gasteiger partial charge >= 0.3 is 0 Å². The maximum absolute atomic E-state index is 13.0.